The normalized spacial score (nSPS) is 13.6. The molecule has 0 spiro atoms. The number of thiazole rings is 1. The number of carbonyl (C=O) groups excluding carboxylic acids is 1. The van der Waals surface area contributed by atoms with Crippen molar-refractivity contribution < 1.29 is 4.79 Å². The minimum atomic E-state index is -0.150. The van der Waals surface area contributed by atoms with E-state index in [2.05, 4.69) is 34.6 Å². The Balaban J connectivity index is 1.95. The van der Waals surface area contributed by atoms with Crippen molar-refractivity contribution in [2.45, 2.75) is 46.1 Å². The van der Waals surface area contributed by atoms with Gasteiger partial charge in [0, 0.05) is 42.3 Å². The van der Waals surface area contributed by atoms with Gasteiger partial charge in [0.25, 0.3) is 0 Å². The minimum absolute atomic E-state index is 0.0288. The molecule has 2 amide bonds. The van der Waals surface area contributed by atoms with E-state index < -0.39 is 0 Å². The fourth-order valence-electron chi connectivity index (χ4n) is 2.69. The second kappa shape index (κ2) is 7.59. The third kappa shape index (κ3) is 4.10. The van der Waals surface area contributed by atoms with Gasteiger partial charge < -0.3 is 10.6 Å². The standard InChI is InChI=1S/C16H25N5OS/c1-6-13(14-11(3)20-21(5)12(14)4)19-16(22)18-9-10(2)15-17-7-8-23-15/h7-8,10,13H,6,9H2,1-5H3,(H2,18,19,22)/t10-,13-/m1/s1. The van der Waals surface area contributed by atoms with Gasteiger partial charge in [-0.15, -0.1) is 11.3 Å². The van der Waals surface area contributed by atoms with Gasteiger partial charge in [-0.1, -0.05) is 13.8 Å². The average Bonchev–Trinajstić information content (AvgIpc) is 3.13. The first-order valence-corrected chi connectivity index (χ1v) is 8.75. The molecule has 0 bridgehead atoms. The van der Waals surface area contributed by atoms with Gasteiger partial charge in [0.15, 0.2) is 0 Å². The van der Waals surface area contributed by atoms with Gasteiger partial charge in [0.1, 0.15) is 0 Å². The number of hydrogen-bond acceptors (Lipinski definition) is 4. The molecular weight excluding hydrogens is 310 g/mol. The Morgan fingerprint density at radius 3 is 2.70 bits per heavy atom. The van der Waals surface area contributed by atoms with Crippen LogP contribution in [0.2, 0.25) is 0 Å². The molecule has 0 saturated carbocycles. The van der Waals surface area contributed by atoms with E-state index in [1.807, 2.05) is 31.0 Å². The van der Waals surface area contributed by atoms with Crippen LogP contribution in [-0.4, -0.2) is 27.3 Å². The number of urea groups is 1. The maximum absolute atomic E-state index is 12.2. The number of nitrogens with one attached hydrogen (secondary N) is 2. The van der Waals surface area contributed by atoms with E-state index in [0.717, 1.165) is 28.4 Å². The first-order valence-electron chi connectivity index (χ1n) is 7.87. The third-order valence-corrected chi connectivity index (χ3v) is 5.08. The fraction of sp³-hybridized carbons (Fsp3) is 0.562. The number of rotatable bonds is 6. The number of hydrogen-bond donors (Lipinski definition) is 2. The molecule has 2 aromatic heterocycles. The molecule has 2 atom stereocenters. The molecule has 0 aliphatic rings. The summed E-state index contributed by atoms with van der Waals surface area (Å²) >= 11 is 1.61. The molecule has 7 heteroatoms. The Morgan fingerprint density at radius 2 is 2.17 bits per heavy atom. The Morgan fingerprint density at radius 1 is 1.43 bits per heavy atom. The predicted molar refractivity (Wildman–Crippen MR) is 92.8 cm³/mol. The van der Waals surface area contributed by atoms with Gasteiger partial charge in [-0.05, 0) is 20.3 Å². The van der Waals surface area contributed by atoms with Crippen molar-refractivity contribution in [3.63, 3.8) is 0 Å². The highest BCUT2D eigenvalue weighted by Gasteiger charge is 2.20. The molecule has 0 aliphatic carbocycles. The van der Waals surface area contributed by atoms with Crippen molar-refractivity contribution >= 4 is 17.4 Å². The molecule has 2 N–H and O–H groups in total. The third-order valence-electron chi connectivity index (χ3n) is 4.07. The number of aryl methyl sites for hydroxylation is 2. The Labute approximate surface area is 141 Å². The lowest BCUT2D eigenvalue weighted by molar-refractivity contribution is 0.236. The monoisotopic (exact) mass is 335 g/mol. The van der Waals surface area contributed by atoms with Crippen LogP contribution in [0.5, 0.6) is 0 Å². The molecule has 0 saturated heterocycles. The van der Waals surface area contributed by atoms with Crippen LogP contribution in [-0.2, 0) is 7.05 Å². The molecule has 6 nitrogen and oxygen atoms in total. The van der Waals surface area contributed by atoms with E-state index in [9.17, 15) is 4.79 Å². The lowest BCUT2D eigenvalue weighted by Crippen LogP contribution is -2.39. The van der Waals surface area contributed by atoms with Crippen molar-refractivity contribution in [3.05, 3.63) is 33.5 Å². The van der Waals surface area contributed by atoms with Gasteiger partial charge >= 0.3 is 6.03 Å². The molecule has 0 aliphatic heterocycles. The summed E-state index contributed by atoms with van der Waals surface area (Å²) in [5, 5.41) is 13.4. The topological polar surface area (TPSA) is 71.8 Å². The zero-order chi connectivity index (χ0) is 17.0. The van der Waals surface area contributed by atoms with E-state index in [0.29, 0.717) is 6.54 Å². The summed E-state index contributed by atoms with van der Waals surface area (Å²) in [5.74, 6) is 0.211. The maximum Gasteiger partial charge on any atom is 0.315 e. The Bertz CT molecular complexity index is 650. The molecular formula is C16H25N5OS. The summed E-state index contributed by atoms with van der Waals surface area (Å²) in [4.78, 5) is 16.5. The quantitative estimate of drug-likeness (QED) is 0.852. The van der Waals surface area contributed by atoms with Gasteiger partial charge in [-0.2, -0.15) is 5.10 Å². The van der Waals surface area contributed by atoms with E-state index in [4.69, 9.17) is 0 Å². The van der Waals surface area contributed by atoms with Crippen LogP contribution in [0.1, 0.15) is 54.2 Å². The summed E-state index contributed by atoms with van der Waals surface area (Å²) in [6, 6.07) is -0.179. The molecule has 23 heavy (non-hydrogen) atoms. The lowest BCUT2D eigenvalue weighted by atomic mass is 10.0. The van der Waals surface area contributed by atoms with Crippen molar-refractivity contribution in [1.82, 2.24) is 25.4 Å². The maximum atomic E-state index is 12.2. The van der Waals surface area contributed by atoms with E-state index in [1.165, 1.54) is 0 Å². The van der Waals surface area contributed by atoms with Gasteiger partial charge in [0.05, 0.1) is 16.7 Å². The van der Waals surface area contributed by atoms with E-state index in [-0.39, 0.29) is 18.0 Å². The van der Waals surface area contributed by atoms with Crippen LogP contribution in [0.25, 0.3) is 0 Å². The summed E-state index contributed by atoms with van der Waals surface area (Å²) in [5.41, 5.74) is 3.16. The minimum Gasteiger partial charge on any atom is -0.337 e. The highest BCUT2D eigenvalue weighted by atomic mass is 32.1. The summed E-state index contributed by atoms with van der Waals surface area (Å²) in [7, 11) is 1.92. The van der Waals surface area contributed by atoms with E-state index in [1.54, 1.807) is 17.5 Å². The number of nitrogens with zero attached hydrogens (tertiary/aromatic N) is 3. The van der Waals surface area contributed by atoms with Crippen LogP contribution < -0.4 is 10.6 Å². The molecule has 0 radical (unpaired) electrons. The largest absolute Gasteiger partial charge is 0.337 e. The molecule has 0 fully saturated rings. The van der Waals surface area contributed by atoms with Gasteiger partial charge in [-0.3, -0.25) is 4.68 Å². The SMILES string of the molecule is CC[C@@H](NC(=O)NC[C@@H](C)c1nccs1)c1c(C)nn(C)c1C. The van der Waals surface area contributed by atoms with Crippen LogP contribution in [0, 0.1) is 13.8 Å². The van der Waals surface area contributed by atoms with Crippen LogP contribution in [0.4, 0.5) is 4.79 Å². The van der Waals surface area contributed by atoms with Crippen molar-refractivity contribution in [2.75, 3.05) is 6.54 Å². The molecule has 2 heterocycles. The summed E-state index contributed by atoms with van der Waals surface area (Å²) < 4.78 is 1.86. The Hall–Kier alpha value is -1.89. The molecule has 0 aromatic carbocycles. The zero-order valence-electron chi connectivity index (χ0n) is 14.4. The fourth-order valence-corrected chi connectivity index (χ4v) is 3.39. The zero-order valence-corrected chi connectivity index (χ0v) is 15.2. The molecule has 0 unspecified atom stereocenters. The van der Waals surface area contributed by atoms with E-state index >= 15 is 0 Å². The number of aromatic nitrogens is 3. The number of carbonyl (C=O) groups is 1. The Kier molecular flexibility index (Phi) is 5.76. The second-order valence-corrected chi connectivity index (χ2v) is 6.72. The van der Waals surface area contributed by atoms with Crippen LogP contribution in [0.15, 0.2) is 11.6 Å². The summed E-state index contributed by atoms with van der Waals surface area (Å²) in [6.45, 7) is 8.71. The van der Waals surface area contributed by atoms with Crippen molar-refractivity contribution in [3.8, 4) is 0 Å². The summed E-state index contributed by atoms with van der Waals surface area (Å²) in [6.07, 6.45) is 2.61. The van der Waals surface area contributed by atoms with Crippen LogP contribution >= 0.6 is 11.3 Å². The highest BCUT2D eigenvalue weighted by molar-refractivity contribution is 7.09. The predicted octanol–water partition coefficient (Wildman–Crippen LogP) is 3.05. The van der Waals surface area contributed by atoms with Crippen molar-refractivity contribution in [1.29, 1.82) is 0 Å². The second-order valence-electron chi connectivity index (χ2n) is 5.79. The first kappa shape index (κ1) is 17.5. The molecule has 126 valence electrons. The van der Waals surface area contributed by atoms with Crippen LogP contribution in [0.3, 0.4) is 0 Å². The van der Waals surface area contributed by atoms with Crippen molar-refractivity contribution in [2.24, 2.45) is 7.05 Å². The molecule has 2 rings (SSSR count). The lowest BCUT2D eigenvalue weighted by Gasteiger charge is -2.19. The van der Waals surface area contributed by atoms with Gasteiger partial charge in [0.2, 0.25) is 0 Å². The number of amides is 2. The molecule has 2 aromatic rings. The smallest absolute Gasteiger partial charge is 0.315 e. The average molecular weight is 335 g/mol. The van der Waals surface area contributed by atoms with Gasteiger partial charge in [-0.25, -0.2) is 9.78 Å². The highest BCUT2D eigenvalue weighted by Crippen LogP contribution is 2.23. The first-order chi connectivity index (χ1) is 10.9.